The first-order valence-electron chi connectivity index (χ1n) is 9.52. The second-order valence-electron chi connectivity index (χ2n) is 6.97. The van der Waals surface area contributed by atoms with E-state index < -0.39 is 0 Å². The van der Waals surface area contributed by atoms with E-state index in [4.69, 9.17) is 4.98 Å². The minimum atomic E-state index is 0.847. The summed E-state index contributed by atoms with van der Waals surface area (Å²) in [7, 11) is 0. The molecule has 0 fully saturated rings. The molecule has 0 aliphatic heterocycles. The smallest absolute Gasteiger partial charge is 0.0729 e. The van der Waals surface area contributed by atoms with Gasteiger partial charge < -0.3 is 4.57 Å². The maximum Gasteiger partial charge on any atom is 0.0729 e. The highest BCUT2D eigenvalue weighted by Crippen LogP contribution is 2.32. The fourth-order valence-electron chi connectivity index (χ4n) is 3.75. The average Bonchev–Trinajstić information content (AvgIpc) is 3.14. The minimum absolute atomic E-state index is 0.847. The van der Waals surface area contributed by atoms with Crippen LogP contribution in [-0.4, -0.2) is 9.55 Å². The van der Waals surface area contributed by atoms with Gasteiger partial charge in [-0.2, -0.15) is 0 Å². The molecule has 0 saturated heterocycles. The highest BCUT2D eigenvalue weighted by Gasteiger charge is 2.12. The van der Waals surface area contributed by atoms with Crippen LogP contribution in [0.4, 0.5) is 0 Å². The molecule has 0 aliphatic rings. The van der Waals surface area contributed by atoms with Crippen LogP contribution in [0.15, 0.2) is 109 Å². The lowest BCUT2D eigenvalue weighted by molar-refractivity contribution is 0.837. The van der Waals surface area contributed by atoms with Crippen molar-refractivity contribution in [1.29, 1.82) is 0 Å². The molecule has 2 heterocycles. The zero-order valence-electron chi connectivity index (χ0n) is 15.5. The summed E-state index contributed by atoms with van der Waals surface area (Å²) in [5.41, 5.74) is 7.09. The Bertz CT molecular complexity index is 1220. The number of hydrogen-bond donors (Lipinski definition) is 0. The number of fused-ring (bicyclic) bond motifs is 1. The number of aromatic nitrogens is 2. The molecule has 2 aromatic heterocycles. The predicted molar refractivity (Wildman–Crippen MR) is 116 cm³/mol. The van der Waals surface area contributed by atoms with Gasteiger partial charge >= 0.3 is 0 Å². The third-order valence-corrected chi connectivity index (χ3v) is 5.13. The molecule has 2 heteroatoms. The average molecular weight is 360 g/mol. The van der Waals surface area contributed by atoms with Crippen LogP contribution in [0.1, 0.15) is 5.56 Å². The van der Waals surface area contributed by atoms with Gasteiger partial charge in [-0.15, -0.1) is 0 Å². The Morgan fingerprint density at radius 1 is 0.679 bits per heavy atom. The Labute approximate surface area is 164 Å². The third kappa shape index (κ3) is 3.10. The molecule has 0 unspecified atom stereocenters. The van der Waals surface area contributed by atoms with Crippen LogP contribution in [0.3, 0.4) is 0 Å². The monoisotopic (exact) mass is 360 g/mol. The first-order chi connectivity index (χ1) is 13.9. The molecule has 0 atom stereocenters. The highest BCUT2D eigenvalue weighted by atomic mass is 15.0. The Morgan fingerprint density at radius 2 is 1.39 bits per heavy atom. The molecule has 0 N–H and O–H groups in total. The Balaban J connectivity index is 1.62. The maximum atomic E-state index is 4.69. The summed E-state index contributed by atoms with van der Waals surface area (Å²) in [5, 5.41) is 1.23. The zero-order valence-corrected chi connectivity index (χ0v) is 15.5. The topological polar surface area (TPSA) is 17.8 Å². The number of benzene rings is 3. The summed E-state index contributed by atoms with van der Waals surface area (Å²) in [6.45, 7) is 0.847. The van der Waals surface area contributed by atoms with Gasteiger partial charge in [0.05, 0.1) is 5.69 Å². The molecule has 0 radical (unpaired) electrons. The molecular weight excluding hydrogens is 340 g/mol. The minimum Gasteiger partial charge on any atom is -0.342 e. The first-order valence-corrected chi connectivity index (χ1v) is 9.52. The molecule has 5 aromatic rings. The lowest BCUT2D eigenvalue weighted by atomic mass is 10.0. The van der Waals surface area contributed by atoms with Crippen molar-refractivity contribution in [3.63, 3.8) is 0 Å². The lowest BCUT2D eigenvalue weighted by Gasteiger charge is -2.05. The van der Waals surface area contributed by atoms with Crippen molar-refractivity contribution in [1.82, 2.24) is 9.55 Å². The van der Waals surface area contributed by atoms with Crippen molar-refractivity contribution in [2.24, 2.45) is 0 Å². The number of hydrogen-bond acceptors (Lipinski definition) is 1. The Kier molecular flexibility index (Phi) is 4.23. The van der Waals surface area contributed by atoms with Crippen LogP contribution in [0, 0.1) is 0 Å². The van der Waals surface area contributed by atoms with Crippen LogP contribution in [0.2, 0.25) is 0 Å². The van der Waals surface area contributed by atoms with Crippen molar-refractivity contribution in [3.8, 4) is 22.4 Å². The molecule has 5 rings (SSSR count). The molecule has 28 heavy (non-hydrogen) atoms. The summed E-state index contributed by atoms with van der Waals surface area (Å²) in [4.78, 5) is 4.69. The van der Waals surface area contributed by atoms with E-state index in [0.717, 1.165) is 12.2 Å². The fraction of sp³-hybridized carbons (Fsp3) is 0.0385. The van der Waals surface area contributed by atoms with E-state index in [0.29, 0.717) is 0 Å². The van der Waals surface area contributed by atoms with Crippen molar-refractivity contribution >= 4 is 10.9 Å². The third-order valence-electron chi connectivity index (χ3n) is 5.13. The van der Waals surface area contributed by atoms with Gasteiger partial charge in [0.25, 0.3) is 0 Å². The number of para-hydroxylation sites is 1. The van der Waals surface area contributed by atoms with Gasteiger partial charge in [0, 0.05) is 35.4 Å². The molecule has 0 spiro atoms. The van der Waals surface area contributed by atoms with Crippen molar-refractivity contribution < 1.29 is 0 Å². The molecular formula is C26H20N2. The second kappa shape index (κ2) is 7.16. The van der Waals surface area contributed by atoms with Gasteiger partial charge in [0.1, 0.15) is 0 Å². The number of nitrogens with zero attached hydrogens (tertiary/aromatic N) is 2. The van der Waals surface area contributed by atoms with Gasteiger partial charge in [0.15, 0.2) is 0 Å². The van der Waals surface area contributed by atoms with E-state index in [1.807, 2.05) is 12.3 Å². The fourth-order valence-corrected chi connectivity index (χ4v) is 3.75. The van der Waals surface area contributed by atoms with E-state index in [9.17, 15) is 0 Å². The molecule has 0 amide bonds. The van der Waals surface area contributed by atoms with Crippen LogP contribution >= 0.6 is 0 Å². The summed E-state index contributed by atoms with van der Waals surface area (Å²) in [6.07, 6.45) is 4.13. The van der Waals surface area contributed by atoms with E-state index in [1.54, 1.807) is 0 Å². The van der Waals surface area contributed by atoms with Gasteiger partial charge in [-0.25, -0.2) is 0 Å². The first kappa shape index (κ1) is 16.5. The van der Waals surface area contributed by atoms with E-state index in [1.165, 1.54) is 33.2 Å². The molecule has 0 bridgehead atoms. The summed E-state index contributed by atoms with van der Waals surface area (Å²) in [5.74, 6) is 0. The van der Waals surface area contributed by atoms with Crippen molar-refractivity contribution in [2.75, 3.05) is 0 Å². The van der Waals surface area contributed by atoms with E-state index >= 15 is 0 Å². The Morgan fingerprint density at radius 3 is 2.21 bits per heavy atom. The zero-order chi connectivity index (χ0) is 18.8. The predicted octanol–water partition coefficient (Wildman–Crippen LogP) is 6.42. The van der Waals surface area contributed by atoms with Gasteiger partial charge in [0.2, 0.25) is 0 Å². The SMILES string of the molecule is c1ccc(Cn2cc(-c3cc(-c4ccccc4)ccn3)c3ccccc32)cc1. The lowest BCUT2D eigenvalue weighted by Crippen LogP contribution is -1.97. The molecule has 134 valence electrons. The molecule has 0 saturated carbocycles. The van der Waals surface area contributed by atoms with Crippen LogP contribution in [-0.2, 0) is 6.54 Å². The molecule has 0 aliphatic carbocycles. The highest BCUT2D eigenvalue weighted by molar-refractivity contribution is 5.95. The summed E-state index contributed by atoms with van der Waals surface area (Å²) < 4.78 is 2.32. The maximum absolute atomic E-state index is 4.69. The second-order valence-corrected chi connectivity index (χ2v) is 6.97. The van der Waals surface area contributed by atoms with Crippen molar-refractivity contribution in [3.05, 3.63) is 115 Å². The van der Waals surface area contributed by atoms with Crippen LogP contribution in [0.5, 0.6) is 0 Å². The van der Waals surface area contributed by atoms with Gasteiger partial charge in [-0.1, -0.05) is 78.9 Å². The molecule has 2 nitrogen and oxygen atoms in total. The van der Waals surface area contributed by atoms with Gasteiger partial charge in [-0.05, 0) is 34.9 Å². The number of pyridine rings is 1. The largest absolute Gasteiger partial charge is 0.342 e. The molecule has 3 aromatic carbocycles. The van der Waals surface area contributed by atoms with E-state index in [-0.39, 0.29) is 0 Å². The Hall–Kier alpha value is -3.65. The van der Waals surface area contributed by atoms with Crippen molar-refractivity contribution in [2.45, 2.75) is 6.54 Å². The number of rotatable bonds is 4. The normalized spacial score (nSPS) is 11.0. The standard InChI is InChI=1S/C26H20N2/c1-3-9-20(10-4-1)18-28-19-24(23-13-7-8-14-26(23)28)25-17-22(15-16-27-25)21-11-5-2-6-12-21/h1-17,19H,18H2. The van der Waals surface area contributed by atoms with Crippen LogP contribution in [0.25, 0.3) is 33.3 Å². The van der Waals surface area contributed by atoms with Crippen LogP contribution < -0.4 is 0 Å². The van der Waals surface area contributed by atoms with E-state index in [2.05, 4.69) is 102 Å². The van der Waals surface area contributed by atoms with Gasteiger partial charge in [-0.3, -0.25) is 4.98 Å². The summed E-state index contributed by atoms with van der Waals surface area (Å²) in [6, 6.07) is 33.9. The summed E-state index contributed by atoms with van der Waals surface area (Å²) >= 11 is 0. The quantitative estimate of drug-likeness (QED) is 0.362.